The second kappa shape index (κ2) is 9.93. The third-order valence-corrected chi connectivity index (χ3v) is 6.72. The fourth-order valence-corrected chi connectivity index (χ4v) is 5.45. The summed E-state index contributed by atoms with van der Waals surface area (Å²) in [5.41, 5.74) is 0.220. The van der Waals surface area contributed by atoms with E-state index in [1.807, 2.05) is 20.8 Å². The summed E-state index contributed by atoms with van der Waals surface area (Å²) < 4.78 is 35.8. The maximum Gasteiger partial charge on any atom is 0.264 e. The Morgan fingerprint density at radius 2 is 1.75 bits per heavy atom. The standard InChI is InChI=1S/C26H32N2O7S/c1-8-35-22-14-17(12-13-21(22)34-6)20(15-36(7,32)33)27-24(30)18-10-9-11-19(23(18)25(27)31)28(16(2)29)26(3,4)5/h9-14,20H,8,15H2,1-7H3/t20-/m1/s1. The number of benzene rings is 2. The van der Waals surface area contributed by atoms with Crippen molar-refractivity contribution in [2.45, 2.75) is 46.2 Å². The second-order valence-corrected chi connectivity index (χ2v) is 11.8. The van der Waals surface area contributed by atoms with Crippen LogP contribution in [0.3, 0.4) is 0 Å². The molecule has 0 fully saturated rings. The minimum absolute atomic E-state index is 0.0738. The number of amides is 3. The van der Waals surface area contributed by atoms with E-state index in [2.05, 4.69) is 0 Å². The van der Waals surface area contributed by atoms with Crippen LogP contribution >= 0.6 is 0 Å². The Morgan fingerprint density at radius 3 is 2.28 bits per heavy atom. The van der Waals surface area contributed by atoms with Gasteiger partial charge in [0.1, 0.15) is 9.84 Å². The van der Waals surface area contributed by atoms with Crippen molar-refractivity contribution in [2.75, 3.05) is 30.6 Å². The number of nitrogens with zero attached hydrogens (tertiary/aromatic N) is 2. The summed E-state index contributed by atoms with van der Waals surface area (Å²) in [5.74, 6) is -1.27. The summed E-state index contributed by atoms with van der Waals surface area (Å²) in [4.78, 5) is 42.4. The Kier molecular flexibility index (Phi) is 7.50. The van der Waals surface area contributed by atoms with Crippen molar-refractivity contribution in [1.29, 1.82) is 0 Å². The number of methoxy groups -OCH3 is 1. The fourth-order valence-electron chi connectivity index (χ4n) is 4.53. The minimum Gasteiger partial charge on any atom is -0.493 e. The molecule has 0 N–H and O–H groups in total. The molecule has 0 aromatic heterocycles. The topological polar surface area (TPSA) is 110 Å². The zero-order valence-corrected chi connectivity index (χ0v) is 22.4. The van der Waals surface area contributed by atoms with Gasteiger partial charge < -0.3 is 14.4 Å². The van der Waals surface area contributed by atoms with Crippen molar-refractivity contribution in [2.24, 2.45) is 0 Å². The van der Waals surface area contributed by atoms with E-state index in [-0.39, 0.29) is 17.0 Å². The van der Waals surface area contributed by atoms with Crippen molar-refractivity contribution < 1.29 is 32.3 Å². The van der Waals surface area contributed by atoms with Crippen molar-refractivity contribution >= 4 is 33.2 Å². The molecule has 1 atom stereocenters. The molecular weight excluding hydrogens is 484 g/mol. The van der Waals surface area contributed by atoms with Crippen molar-refractivity contribution in [3.05, 3.63) is 53.1 Å². The van der Waals surface area contributed by atoms with Crippen LogP contribution < -0.4 is 14.4 Å². The molecule has 0 unspecified atom stereocenters. The molecule has 0 aliphatic carbocycles. The van der Waals surface area contributed by atoms with Gasteiger partial charge in [0.15, 0.2) is 11.5 Å². The van der Waals surface area contributed by atoms with Gasteiger partial charge in [0.2, 0.25) is 5.91 Å². The lowest BCUT2D eigenvalue weighted by atomic mass is 10.00. The van der Waals surface area contributed by atoms with Gasteiger partial charge in [0, 0.05) is 18.7 Å². The third-order valence-electron chi connectivity index (χ3n) is 5.80. The Hall–Kier alpha value is -3.40. The average molecular weight is 517 g/mol. The molecule has 194 valence electrons. The molecule has 10 heteroatoms. The van der Waals surface area contributed by atoms with Gasteiger partial charge in [-0.25, -0.2) is 8.42 Å². The van der Waals surface area contributed by atoms with Gasteiger partial charge in [-0.2, -0.15) is 0 Å². The maximum absolute atomic E-state index is 13.8. The van der Waals surface area contributed by atoms with Crippen LogP contribution in [0.2, 0.25) is 0 Å². The second-order valence-electron chi connectivity index (χ2n) is 9.66. The molecule has 1 aliphatic rings. The van der Waals surface area contributed by atoms with Gasteiger partial charge in [0.05, 0.1) is 42.3 Å². The van der Waals surface area contributed by atoms with E-state index in [4.69, 9.17) is 9.47 Å². The number of imide groups is 1. The summed E-state index contributed by atoms with van der Waals surface area (Å²) in [6, 6.07) is 8.42. The number of rotatable bonds is 8. The molecular formula is C26H32N2O7S. The van der Waals surface area contributed by atoms with E-state index in [0.717, 1.165) is 11.2 Å². The van der Waals surface area contributed by atoms with E-state index in [0.29, 0.717) is 29.4 Å². The molecule has 2 aromatic carbocycles. The minimum atomic E-state index is -3.63. The lowest BCUT2D eigenvalue weighted by Gasteiger charge is -2.36. The number of hydrogen-bond donors (Lipinski definition) is 0. The highest BCUT2D eigenvalue weighted by Crippen LogP contribution is 2.40. The number of ether oxygens (including phenoxy) is 2. The molecule has 0 saturated carbocycles. The fraction of sp³-hybridized carbons (Fsp3) is 0.423. The van der Waals surface area contributed by atoms with Gasteiger partial charge in [0.25, 0.3) is 11.8 Å². The lowest BCUT2D eigenvalue weighted by molar-refractivity contribution is -0.117. The van der Waals surface area contributed by atoms with E-state index < -0.39 is 39.0 Å². The predicted molar refractivity (Wildman–Crippen MR) is 136 cm³/mol. The summed E-state index contributed by atoms with van der Waals surface area (Å²) >= 11 is 0. The molecule has 0 bridgehead atoms. The SMILES string of the molecule is CCOc1cc([C@@H](CS(C)(=O)=O)N2C(=O)c3cccc(N(C(C)=O)C(C)(C)C)c3C2=O)ccc1OC. The number of carbonyl (C=O) groups excluding carboxylic acids is 3. The Morgan fingerprint density at radius 1 is 1.08 bits per heavy atom. The smallest absolute Gasteiger partial charge is 0.264 e. The van der Waals surface area contributed by atoms with E-state index in [1.54, 1.807) is 37.3 Å². The lowest BCUT2D eigenvalue weighted by Crippen LogP contribution is -2.45. The number of fused-ring (bicyclic) bond motifs is 1. The van der Waals surface area contributed by atoms with Crippen LogP contribution in [0.25, 0.3) is 0 Å². The highest BCUT2D eigenvalue weighted by atomic mass is 32.2. The van der Waals surface area contributed by atoms with Gasteiger partial charge in [-0.3, -0.25) is 19.3 Å². The highest BCUT2D eigenvalue weighted by molar-refractivity contribution is 7.90. The van der Waals surface area contributed by atoms with Gasteiger partial charge in [-0.15, -0.1) is 0 Å². The molecule has 3 amide bonds. The highest BCUT2D eigenvalue weighted by Gasteiger charge is 2.45. The van der Waals surface area contributed by atoms with E-state index >= 15 is 0 Å². The molecule has 0 radical (unpaired) electrons. The first-order chi connectivity index (χ1) is 16.7. The number of carbonyl (C=O) groups is 3. The summed E-state index contributed by atoms with van der Waals surface area (Å²) in [5, 5.41) is 0. The quantitative estimate of drug-likeness (QED) is 0.493. The third kappa shape index (κ3) is 5.23. The zero-order valence-electron chi connectivity index (χ0n) is 21.6. The number of sulfone groups is 1. The van der Waals surface area contributed by atoms with Crippen LogP contribution in [0.4, 0.5) is 5.69 Å². The van der Waals surface area contributed by atoms with Crippen LogP contribution in [0.5, 0.6) is 11.5 Å². The predicted octanol–water partition coefficient (Wildman–Crippen LogP) is 3.63. The summed E-state index contributed by atoms with van der Waals surface area (Å²) in [7, 11) is -2.15. The normalized spacial score (nSPS) is 14.5. The first kappa shape index (κ1) is 27.2. The average Bonchev–Trinajstić information content (AvgIpc) is 3.01. The van der Waals surface area contributed by atoms with Crippen LogP contribution in [0.1, 0.15) is 66.9 Å². The maximum atomic E-state index is 13.8. The molecule has 1 heterocycles. The zero-order chi connectivity index (χ0) is 27.0. The molecule has 36 heavy (non-hydrogen) atoms. The van der Waals surface area contributed by atoms with Crippen LogP contribution in [0.15, 0.2) is 36.4 Å². The van der Waals surface area contributed by atoms with E-state index in [1.165, 1.54) is 25.0 Å². The Labute approximate surface area is 211 Å². The van der Waals surface area contributed by atoms with Gasteiger partial charge in [-0.1, -0.05) is 12.1 Å². The van der Waals surface area contributed by atoms with Gasteiger partial charge >= 0.3 is 0 Å². The van der Waals surface area contributed by atoms with Gasteiger partial charge in [-0.05, 0) is 57.5 Å². The Bertz CT molecular complexity index is 1310. The number of anilines is 1. The van der Waals surface area contributed by atoms with Crippen LogP contribution in [0, 0.1) is 0 Å². The molecule has 2 aromatic rings. The molecule has 0 spiro atoms. The van der Waals surface area contributed by atoms with Crippen LogP contribution in [-0.4, -0.2) is 62.3 Å². The first-order valence-corrected chi connectivity index (χ1v) is 13.6. The monoisotopic (exact) mass is 516 g/mol. The van der Waals surface area contributed by atoms with Crippen molar-refractivity contribution in [1.82, 2.24) is 4.90 Å². The Balaban J connectivity index is 2.20. The summed E-state index contributed by atoms with van der Waals surface area (Å²) in [6.07, 6.45) is 1.05. The van der Waals surface area contributed by atoms with Crippen LogP contribution in [-0.2, 0) is 14.6 Å². The summed E-state index contributed by atoms with van der Waals surface area (Å²) in [6.45, 7) is 8.99. The molecule has 9 nitrogen and oxygen atoms in total. The van der Waals surface area contributed by atoms with Crippen molar-refractivity contribution in [3.63, 3.8) is 0 Å². The largest absolute Gasteiger partial charge is 0.493 e. The van der Waals surface area contributed by atoms with E-state index in [9.17, 15) is 22.8 Å². The number of hydrogen-bond acceptors (Lipinski definition) is 7. The molecule has 0 saturated heterocycles. The van der Waals surface area contributed by atoms with Crippen molar-refractivity contribution in [3.8, 4) is 11.5 Å². The first-order valence-electron chi connectivity index (χ1n) is 11.5. The molecule has 3 rings (SSSR count). The molecule has 1 aliphatic heterocycles.